The Morgan fingerprint density at radius 2 is 1.94 bits per heavy atom. The van der Waals surface area contributed by atoms with Crippen LogP contribution in [0.3, 0.4) is 0 Å². The SMILES string of the molecule is Cc1ccc(S[C@H]2CCC3=Cc4c(cnn4-c4ccc(F)cc4)C[C@]3(C(=O)O)C2)cc1. The summed E-state index contributed by atoms with van der Waals surface area (Å²) in [5.41, 5.74) is 3.91. The molecule has 0 aliphatic heterocycles. The third-order valence-electron chi connectivity index (χ3n) is 6.42. The molecule has 0 bridgehead atoms. The van der Waals surface area contributed by atoms with Crippen molar-refractivity contribution in [3.63, 3.8) is 0 Å². The average Bonchev–Trinajstić information content (AvgIpc) is 3.16. The van der Waals surface area contributed by atoms with E-state index in [1.54, 1.807) is 34.8 Å². The minimum Gasteiger partial charge on any atom is -0.481 e. The van der Waals surface area contributed by atoms with Crippen LogP contribution < -0.4 is 0 Å². The van der Waals surface area contributed by atoms with Gasteiger partial charge < -0.3 is 5.11 Å². The van der Waals surface area contributed by atoms with Crippen molar-refractivity contribution in [2.45, 2.75) is 42.8 Å². The first kappa shape index (κ1) is 20.1. The summed E-state index contributed by atoms with van der Waals surface area (Å²) in [5.74, 6) is -1.05. The highest BCUT2D eigenvalue weighted by atomic mass is 32.2. The standard InChI is InChI=1S/C25H23FN2O2S/c1-16-2-9-21(10-3-16)31-22-11-4-18-12-23-17(13-25(18,14-22)24(29)30)15-27-28(23)20-7-5-19(26)6-8-20/h2-3,5-10,12,15,22H,4,11,13-14H2,1H3,(H,29,30)/t22-,25-/m0/s1. The van der Waals surface area contributed by atoms with Crippen LogP contribution in [-0.4, -0.2) is 26.1 Å². The molecule has 158 valence electrons. The fourth-order valence-corrected chi connectivity index (χ4v) is 6.03. The van der Waals surface area contributed by atoms with Crippen molar-refractivity contribution in [3.8, 4) is 5.69 Å². The van der Waals surface area contributed by atoms with Crippen LogP contribution in [-0.2, 0) is 11.2 Å². The lowest BCUT2D eigenvalue weighted by Crippen LogP contribution is -2.42. The number of carbonyl (C=O) groups is 1. The van der Waals surface area contributed by atoms with Gasteiger partial charge in [0, 0.05) is 10.1 Å². The smallest absolute Gasteiger partial charge is 0.314 e. The van der Waals surface area contributed by atoms with E-state index in [1.807, 2.05) is 6.08 Å². The zero-order valence-electron chi connectivity index (χ0n) is 17.2. The Kier molecular flexibility index (Phi) is 4.97. The lowest BCUT2D eigenvalue weighted by molar-refractivity contribution is -0.147. The van der Waals surface area contributed by atoms with Crippen molar-refractivity contribution in [2.24, 2.45) is 5.41 Å². The van der Waals surface area contributed by atoms with E-state index < -0.39 is 11.4 Å². The number of carboxylic acids is 1. The molecule has 0 unspecified atom stereocenters. The Balaban J connectivity index is 1.46. The van der Waals surface area contributed by atoms with Gasteiger partial charge in [-0.25, -0.2) is 9.07 Å². The van der Waals surface area contributed by atoms with Gasteiger partial charge in [-0.15, -0.1) is 11.8 Å². The molecule has 2 aliphatic rings. The predicted molar refractivity (Wildman–Crippen MR) is 120 cm³/mol. The number of nitrogens with zero attached hydrogens (tertiary/aromatic N) is 2. The van der Waals surface area contributed by atoms with E-state index in [0.29, 0.717) is 12.8 Å². The Labute approximate surface area is 184 Å². The molecule has 1 saturated carbocycles. The number of thioether (sulfide) groups is 1. The Morgan fingerprint density at radius 3 is 2.65 bits per heavy atom. The number of hydrogen-bond donors (Lipinski definition) is 1. The molecule has 2 atom stereocenters. The first-order valence-electron chi connectivity index (χ1n) is 10.5. The van der Waals surface area contributed by atoms with E-state index >= 15 is 0 Å². The summed E-state index contributed by atoms with van der Waals surface area (Å²) in [5, 5.41) is 15.1. The van der Waals surface area contributed by atoms with Crippen LogP contribution in [0.25, 0.3) is 11.8 Å². The number of rotatable bonds is 4. The highest BCUT2D eigenvalue weighted by Gasteiger charge is 2.49. The summed E-state index contributed by atoms with van der Waals surface area (Å²) in [6, 6.07) is 14.6. The molecule has 1 heterocycles. The fourth-order valence-electron chi connectivity index (χ4n) is 4.74. The normalized spacial score (nSPS) is 22.4. The molecule has 1 fully saturated rings. The maximum atomic E-state index is 13.3. The number of carboxylic acid groups (broad SMARTS) is 1. The van der Waals surface area contributed by atoms with E-state index in [9.17, 15) is 14.3 Å². The molecule has 2 aliphatic carbocycles. The summed E-state index contributed by atoms with van der Waals surface area (Å²) in [6.45, 7) is 2.07. The van der Waals surface area contributed by atoms with E-state index in [-0.39, 0.29) is 11.1 Å². The lowest BCUT2D eigenvalue weighted by Gasteiger charge is -2.41. The number of benzene rings is 2. The molecule has 0 saturated heterocycles. The molecule has 4 nitrogen and oxygen atoms in total. The topological polar surface area (TPSA) is 55.1 Å². The number of hydrogen-bond acceptors (Lipinski definition) is 3. The average molecular weight is 435 g/mol. The maximum Gasteiger partial charge on any atom is 0.314 e. The maximum absolute atomic E-state index is 13.3. The molecule has 3 aromatic rings. The van der Waals surface area contributed by atoms with E-state index in [0.717, 1.165) is 35.4 Å². The van der Waals surface area contributed by atoms with Gasteiger partial charge >= 0.3 is 5.97 Å². The zero-order valence-corrected chi connectivity index (χ0v) is 18.0. The van der Waals surface area contributed by atoms with E-state index in [2.05, 4.69) is 36.3 Å². The Bertz CT molecular complexity index is 1170. The number of fused-ring (bicyclic) bond motifs is 2. The summed E-state index contributed by atoms with van der Waals surface area (Å²) < 4.78 is 15.1. The van der Waals surface area contributed by atoms with Crippen LogP contribution in [0, 0.1) is 18.2 Å². The van der Waals surface area contributed by atoms with Gasteiger partial charge in [0.15, 0.2) is 0 Å². The second kappa shape index (κ2) is 7.68. The molecule has 0 spiro atoms. The van der Waals surface area contributed by atoms with Crippen molar-refractivity contribution in [1.29, 1.82) is 0 Å². The zero-order chi connectivity index (χ0) is 21.6. The fraction of sp³-hybridized carbons (Fsp3) is 0.280. The first-order chi connectivity index (χ1) is 14.9. The lowest BCUT2D eigenvalue weighted by atomic mass is 9.64. The van der Waals surface area contributed by atoms with Gasteiger partial charge in [0.25, 0.3) is 0 Å². The summed E-state index contributed by atoms with van der Waals surface area (Å²) in [6.07, 6.45) is 6.51. The molecule has 0 radical (unpaired) electrons. The van der Waals surface area contributed by atoms with Crippen LogP contribution in [0.4, 0.5) is 4.39 Å². The molecule has 1 N–H and O–H groups in total. The molecule has 5 rings (SSSR count). The third-order valence-corrected chi connectivity index (χ3v) is 7.70. The van der Waals surface area contributed by atoms with Crippen LogP contribution in [0.5, 0.6) is 0 Å². The Hall–Kier alpha value is -2.86. The van der Waals surface area contributed by atoms with Gasteiger partial charge in [-0.2, -0.15) is 5.10 Å². The van der Waals surface area contributed by atoms with Crippen molar-refractivity contribution >= 4 is 23.8 Å². The van der Waals surface area contributed by atoms with Gasteiger partial charge in [0.1, 0.15) is 5.82 Å². The molecule has 31 heavy (non-hydrogen) atoms. The number of aliphatic carboxylic acids is 1. The molecule has 2 aromatic carbocycles. The largest absolute Gasteiger partial charge is 0.481 e. The molecule has 0 amide bonds. The van der Waals surface area contributed by atoms with Gasteiger partial charge in [0.2, 0.25) is 0 Å². The predicted octanol–water partition coefficient (Wildman–Crippen LogP) is 5.68. The number of halogens is 1. The minimum absolute atomic E-state index is 0.254. The first-order valence-corrected chi connectivity index (χ1v) is 11.3. The van der Waals surface area contributed by atoms with Gasteiger partial charge in [-0.3, -0.25) is 4.79 Å². The number of aromatic nitrogens is 2. The summed E-state index contributed by atoms with van der Waals surface area (Å²) in [4.78, 5) is 13.7. The molecular formula is C25H23FN2O2S. The van der Waals surface area contributed by atoms with Gasteiger partial charge in [-0.1, -0.05) is 23.3 Å². The van der Waals surface area contributed by atoms with Gasteiger partial charge in [-0.05, 0) is 80.6 Å². The second-order valence-corrected chi connectivity index (χ2v) is 9.85. The highest BCUT2D eigenvalue weighted by Crippen LogP contribution is 2.51. The molecular weight excluding hydrogens is 411 g/mol. The van der Waals surface area contributed by atoms with Crippen molar-refractivity contribution < 1.29 is 14.3 Å². The quantitative estimate of drug-likeness (QED) is 0.574. The van der Waals surface area contributed by atoms with E-state index in [1.165, 1.54) is 22.6 Å². The monoisotopic (exact) mass is 434 g/mol. The third kappa shape index (κ3) is 3.59. The van der Waals surface area contributed by atoms with E-state index in [4.69, 9.17) is 0 Å². The van der Waals surface area contributed by atoms with Crippen LogP contribution in [0.2, 0.25) is 0 Å². The summed E-state index contributed by atoms with van der Waals surface area (Å²) >= 11 is 1.78. The van der Waals surface area contributed by atoms with Crippen LogP contribution >= 0.6 is 11.8 Å². The minimum atomic E-state index is -0.885. The van der Waals surface area contributed by atoms with Gasteiger partial charge in [0.05, 0.1) is 23.0 Å². The second-order valence-electron chi connectivity index (χ2n) is 8.47. The van der Waals surface area contributed by atoms with Crippen molar-refractivity contribution in [2.75, 3.05) is 0 Å². The molecule has 6 heteroatoms. The Morgan fingerprint density at radius 1 is 1.19 bits per heavy atom. The van der Waals surface area contributed by atoms with Crippen molar-refractivity contribution in [1.82, 2.24) is 9.78 Å². The highest BCUT2D eigenvalue weighted by molar-refractivity contribution is 8.00. The van der Waals surface area contributed by atoms with Crippen LogP contribution in [0.1, 0.15) is 36.1 Å². The van der Waals surface area contributed by atoms with Crippen molar-refractivity contribution in [3.05, 3.63) is 82.9 Å². The summed E-state index contributed by atoms with van der Waals surface area (Å²) in [7, 11) is 0. The number of aryl methyl sites for hydroxylation is 1. The molecule has 1 aromatic heterocycles. The van der Waals surface area contributed by atoms with Crippen LogP contribution in [0.15, 0.2) is 65.2 Å².